The third kappa shape index (κ3) is 2.79. The maximum atomic E-state index is 9.76. The summed E-state index contributed by atoms with van der Waals surface area (Å²) >= 11 is 0. The Hall–Kier alpha value is -1.06. The van der Waals surface area contributed by atoms with Crippen molar-refractivity contribution in [3.63, 3.8) is 0 Å². The summed E-state index contributed by atoms with van der Waals surface area (Å²) in [4.78, 5) is 0. The van der Waals surface area contributed by atoms with E-state index in [-0.39, 0.29) is 12.1 Å². The molecule has 1 fully saturated rings. The molecule has 1 aromatic carbocycles. The normalized spacial score (nSPS) is 19.0. The minimum absolute atomic E-state index is 0.143. The second-order valence-electron chi connectivity index (χ2n) is 5.34. The Labute approximate surface area is 102 Å². The van der Waals surface area contributed by atoms with Crippen LogP contribution in [0.5, 0.6) is 5.75 Å². The van der Waals surface area contributed by atoms with Crippen LogP contribution in [0.1, 0.15) is 30.9 Å². The van der Waals surface area contributed by atoms with Crippen LogP contribution in [-0.4, -0.2) is 22.4 Å². The van der Waals surface area contributed by atoms with E-state index in [9.17, 15) is 10.2 Å². The van der Waals surface area contributed by atoms with Crippen LogP contribution < -0.4 is 5.32 Å². The lowest BCUT2D eigenvalue weighted by molar-refractivity contribution is 0.153. The van der Waals surface area contributed by atoms with Gasteiger partial charge in [0.25, 0.3) is 0 Å². The van der Waals surface area contributed by atoms with Crippen LogP contribution >= 0.6 is 0 Å². The number of aliphatic hydroxyl groups excluding tert-OH is 1. The smallest absolute Gasteiger partial charge is 0.120 e. The molecule has 0 aliphatic heterocycles. The summed E-state index contributed by atoms with van der Waals surface area (Å²) in [5, 5.41) is 22.6. The van der Waals surface area contributed by atoms with Crippen molar-refractivity contribution in [2.45, 2.75) is 38.8 Å². The number of phenolic OH excluding ortho intramolecular Hbond substituents is 1. The molecule has 0 amide bonds. The number of aliphatic hydroxyl groups is 1. The highest BCUT2D eigenvalue weighted by atomic mass is 16.3. The summed E-state index contributed by atoms with van der Waals surface area (Å²) < 4.78 is 0. The van der Waals surface area contributed by atoms with Gasteiger partial charge in [-0.25, -0.2) is 0 Å². The fourth-order valence-electron chi connectivity index (χ4n) is 2.20. The number of hydrogen-bond acceptors (Lipinski definition) is 3. The number of hydrogen-bond donors (Lipinski definition) is 3. The Kier molecular flexibility index (Phi) is 3.40. The molecule has 17 heavy (non-hydrogen) atoms. The highest BCUT2D eigenvalue weighted by molar-refractivity contribution is 5.35. The summed E-state index contributed by atoms with van der Waals surface area (Å²) in [6, 6.07) is 5.59. The molecule has 1 aromatic rings. The zero-order chi connectivity index (χ0) is 12.5. The molecule has 0 aromatic heterocycles. The number of phenols is 1. The maximum absolute atomic E-state index is 9.76. The predicted molar refractivity (Wildman–Crippen MR) is 67.9 cm³/mol. The molecule has 3 heteroatoms. The van der Waals surface area contributed by atoms with E-state index in [1.807, 2.05) is 19.1 Å². The van der Waals surface area contributed by atoms with E-state index in [0.29, 0.717) is 18.2 Å². The van der Waals surface area contributed by atoms with Crippen molar-refractivity contribution in [3.8, 4) is 5.75 Å². The summed E-state index contributed by atoms with van der Waals surface area (Å²) in [5.74, 6) is 0.888. The average molecular weight is 235 g/mol. The molecule has 1 aliphatic carbocycles. The van der Waals surface area contributed by atoms with Crippen molar-refractivity contribution < 1.29 is 10.2 Å². The van der Waals surface area contributed by atoms with Crippen LogP contribution in [-0.2, 0) is 6.54 Å². The van der Waals surface area contributed by atoms with Gasteiger partial charge in [-0.2, -0.15) is 0 Å². The third-order valence-electron chi connectivity index (χ3n) is 3.72. The first kappa shape index (κ1) is 12.4. The molecule has 0 bridgehead atoms. The van der Waals surface area contributed by atoms with E-state index >= 15 is 0 Å². The van der Waals surface area contributed by atoms with Crippen LogP contribution in [0.15, 0.2) is 18.2 Å². The van der Waals surface area contributed by atoms with Crippen molar-refractivity contribution in [1.29, 1.82) is 0 Å². The van der Waals surface area contributed by atoms with Gasteiger partial charge >= 0.3 is 0 Å². The standard InChI is InChI=1S/C14H21NO2/c1-10-3-6-13(17)11(7-10)8-15-14(2,9-16)12-4-5-12/h3,6-7,12,15-17H,4-5,8-9H2,1-2H3. The zero-order valence-electron chi connectivity index (χ0n) is 10.5. The molecule has 1 atom stereocenters. The minimum Gasteiger partial charge on any atom is -0.508 e. The van der Waals surface area contributed by atoms with E-state index in [2.05, 4.69) is 12.2 Å². The number of aromatic hydroxyl groups is 1. The monoisotopic (exact) mass is 235 g/mol. The van der Waals surface area contributed by atoms with Crippen LogP contribution in [0.2, 0.25) is 0 Å². The van der Waals surface area contributed by atoms with Gasteiger partial charge in [0.15, 0.2) is 0 Å². The Morgan fingerprint density at radius 3 is 2.71 bits per heavy atom. The fraction of sp³-hybridized carbons (Fsp3) is 0.571. The van der Waals surface area contributed by atoms with E-state index < -0.39 is 0 Å². The number of rotatable bonds is 5. The molecule has 0 radical (unpaired) electrons. The highest BCUT2D eigenvalue weighted by Gasteiger charge is 2.40. The van der Waals surface area contributed by atoms with Crippen LogP contribution in [0, 0.1) is 12.8 Å². The van der Waals surface area contributed by atoms with Crippen molar-refractivity contribution in [2.75, 3.05) is 6.61 Å². The van der Waals surface area contributed by atoms with E-state index in [1.165, 1.54) is 12.8 Å². The van der Waals surface area contributed by atoms with Crippen LogP contribution in [0.4, 0.5) is 0 Å². The predicted octanol–water partition coefficient (Wildman–Crippen LogP) is 1.95. The molecular formula is C14H21NO2. The molecule has 1 saturated carbocycles. The molecular weight excluding hydrogens is 214 g/mol. The zero-order valence-corrected chi connectivity index (χ0v) is 10.5. The maximum Gasteiger partial charge on any atom is 0.120 e. The van der Waals surface area contributed by atoms with E-state index in [1.54, 1.807) is 6.07 Å². The quantitative estimate of drug-likeness (QED) is 0.731. The fourth-order valence-corrected chi connectivity index (χ4v) is 2.20. The summed E-state index contributed by atoms with van der Waals surface area (Å²) in [5.41, 5.74) is 1.82. The number of aryl methyl sites for hydroxylation is 1. The first-order valence-electron chi connectivity index (χ1n) is 6.19. The van der Waals surface area contributed by atoms with Gasteiger partial charge in [0.2, 0.25) is 0 Å². The third-order valence-corrected chi connectivity index (χ3v) is 3.72. The van der Waals surface area contributed by atoms with Gasteiger partial charge in [-0.15, -0.1) is 0 Å². The molecule has 3 nitrogen and oxygen atoms in total. The highest BCUT2D eigenvalue weighted by Crippen LogP contribution is 2.39. The number of nitrogens with one attached hydrogen (secondary N) is 1. The summed E-state index contributed by atoms with van der Waals surface area (Å²) in [7, 11) is 0. The van der Waals surface area contributed by atoms with E-state index in [4.69, 9.17) is 0 Å². The molecule has 94 valence electrons. The lowest BCUT2D eigenvalue weighted by atomic mass is 9.96. The topological polar surface area (TPSA) is 52.5 Å². The van der Waals surface area contributed by atoms with E-state index in [0.717, 1.165) is 11.1 Å². The van der Waals surface area contributed by atoms with Gasteiger partial charge in [-0.05, 0) is 38.7 Å². The Morgan fingerprint density at radius 2 is 2.12 bits per heavy atom. The Morgan fingerprint density at radius 1 is 1.41 bits per heavy atom. The number of benzene rings is 1. The molecule has 0 heterocycles. The summed E-state index contributed by atoms with van der Waals surface area (Å²) in [6.07, 6.45) is 2.37. The second kappa shape index (κ2) is 4.67. The summed E-state index contributed by atoms with van der Waals surface area (Å²) in [6.45, 7) is 4.80. The van der Waals surface area contributed by atoms with Crippen molar-refractivity contribution in [2.24, 2.45) is 5.92 Å². The lowest BCUT2D eigenvalue weighted by Crippen LogP contribution is -2.47. The van der Waals surface area contributed by atoms with Gasteiger partial charge in [-0.1, -0.05) is 17.7 Å². The van der Waals surface area contributed by atoms with Gasteiger partial charge in [0.1, 0.15) is 5.75 Å². The van der Waals surface area contributed by atoms with Crippen molar-refractivity contribution in [1.82, 2.24) is 5.32 Å². The molecule has 0 spiro atoms. The first-order valence-corrected chi connectivity index (χ1v) is 6.19. The van der Waals surface area contributed by atoms with Crippen molar-refractivity contribution >= 4 is 0 Å². The molecule has 1 unspecified atom stereocenters. The first-order chi connectivity index (χ1) is 8.05. The lowest BCUT2D eigenvalue weighted by Gasteiger charge is -2.29. The van der Waals surface area contributed by atoms with Gasteiger partial charge in [0, 0.05) is 17.6 Å². The minimum atomic E-state index is -0.212. The molecule has 0 saturated heterocycles. The second-order valence-corrected chi connectivity index (χ2v) is 5.34. The van der Waals surface area contributed by atoms with Crippen LogP contribution in [0.25, 0.3) is 0 Å². The largest absolute Gasteiger partial charge is 0.508 e. The SMILES string of the molecule is Cc1ccc(O)c(CNC(C)(CO)C2CC2)c1. The van der Waals surface area contributed by atoms with Gasteiger partial charge in [0.05, 0.1) is 6.61 Å². The Bertz CT molecular complexity index is 401. The Balaban J connectivity index is 2.03. The molecule has 1 aliphatic rings. The molecule has 3 N–H and O–H groups in total. The van der Waals surface area contributed by atoms with Gasteiger partial charge in [-0.3, -0.25) is 0 Å². The van der Waals surface area contributed by atoms with Crippen molar-refractivity contribution in [3.05, 3.63) is 29.3 Å². The van der Waals surface area contributed by atoms with Crippen LogP contribution in [0.3, 0.4) is 0 Å². The molecule has 2 rings (SSSR count). The van der Waals surface area contributed by atoms with Gasteiger partial charge < -0.3 is 15.5 Å². The average Bonchev–Trinajstić information content (AvgIpc) is 3.14.